The van der Waals surface area contributed by atoms with E-state index < -0.39 is 23.6 Å². The number of aliphatic carboxylic acids is 1. The standard InChI is InChI=1S/C30H48O4/c1-17(2)18-10-13-30(25(33)34)15-14-28(6)19(23(18)30)8-9-22-27(5)16-20(31)24(32)26(3,4)21(27)11-12-29(22,28)7/h18-24,31-32H,1,8-16H2,2-7H3,(H,33,34)/t18-,19+,20+,21+,22+,23-,24-,27-,28+,29+,30-/m0/s1. The zero-order chi connectivity index (χ0) is 25.1. The molecular formula is C30H48O4. The highest BCUT2D eigenvalue weighted by Crippen LogP contribution is 2.77. The van der Waals surface area contributed by atoms with Crippen molar-refractivity contribution in [1.82, 2.24) is 0 Å². The van der Waals surface area contributed by atoms with E-state index in [0.29, 0.717) is 30.1 Å². The highest BCUT2D eigenvalue weighted by molar-refractivity contribution is 5.76. The van der Waals surface area contributed by atoms with Gasteiger partial charge in [-0.05, 0) is 116 Å². The smallest absolute Gasteiger partial charge is 0.309 e. The van der Waals surface area contributed by atoms with Crippen LogP contribution in [0.5, 0.6) is 0 Å². The monoisotopic (exact) mass is 472 g/mol. The number of aliphatic hydroxyl groups is 2. The molecule has 192 valence electrons. The Balaban J connectivity index is 1.57. The third kappa shape index (κ3) is 2.76. The van der Waals surface area contributed by atoms with E-state index in [1.807, 2.05) is 0 Å². The highest BCUT2D eigenvalue weighted by atomic mass is 16.4. The Bertz CT molecular complexity index is 894. The van der Waals surface area contributed by atoms with E-state index in [-0.39, 0.29) is 27.6 Å². The van der Waals surface area contributed by atoms with Gasteiger partial charge in [0.1, 0.15) is 0 Å². The molecule has 5 aliphatic rings. The molecule has 0 heterocycles. The van der Waals surface area contributed by atoms with Gasteiger partial charge in [0.15, 0.2) is 0 Å². The zero-order valence-electron chi connectivity index (χ0n) is 22.4. The Morgan fingerprint density at radius 3 is 2.15 bits per heavy atom. The summed E-state index contributed by atoms with van der Waals surface area (Å²) >= 11 is 0. The lowest BCUT2D eigenvalue weighted by molar-refractivity contribution is -0.263. The molecule has 0 aromatic heterocycles. The van der Waals surface area contributed by atoms with E-state index in [4.69, 9.17) is 0 Å². The molecule has 0 aromatic carbocycles. The van der Waals surface area contributed by atoms with Gasteiger partial charge < -0.3 is 15.3 Å². The molecule has 5 saturated carbocycles. The number of carboxylic acid groups (broad SMARTS) is 1. The summed E-state index contributed by atoms with van der Waals surface area (Å²) in [6.45, 7) is 18.2. The van der Waals surface area contributed by atoms with Gasteiger partial charge >= 0.3 is 5.97 Å². The van der Waals surface area contributed by atoms with Crippen molar-refractivity contribution >= 4 is 5.97 Å². The van der Waals surface area contributed by atoms with Crippen molar-refractivity contribution in [1.29, 1.82) is 0 Å². The number of allylic oxidation sites excluding steroid dienone is 1. The zero-order valence-corrected chi connectivity index (χ0v) is 22.4. The van der Waals surface area contributed by atoms with Crippen molar-refractivity contribution < 1.29 is 20.1 Å². The second-order valence-electron chi connectivity index (χ2n) is 14.7. The molecular weight excluding hydrogens is 424 g/mol. The van der Waals surface area contributed by atoms with Crippen LogP contribution in [0.4, 0.5) is 0 Å². The molecule has 5 fully saturated rings. The molecule has 5 aliphatic carbocycles. The van der Waals surface area contributed by atoms with E-state index in [9.17, 15) is 20.1 Å². The van der Waals surface area contributed by atoms with E-state index in [2.05, 4.69) is 48.1 Å². The first-order valence-electron chi connectivity index (χ1n) is 13.9. The average molecular weight is 473 g/mol. The van der Waals surface area contributed by atoms with Crippen LogP contribution < -0.4 is 0 Å². The van der Waals surface area contributed by atoms with Crippen LogP contribution in [0.25, 0.3) is 0 Å². The summed E-state index contributed by atoms with van der Waals surface area (Å²) in [5.41, 5.74) is 0.501. The van der Waals surface area contributed by atoms with E-state index in [1.54, 1.807) is 0 Å². The summed E-state index contributed by atoms with van der Waals surface area (Å²) < 4.78 is 0. The number of carbonyl (C=O) groups is 1. The van der Waals surface area contributed by atoms with Crippen molar-refractivity contribution in [2.45, 2.75) is 112 Å². The van der Waals surface area contributed by atoms with Gasteiger partial charge in [-0.3, -0.25) is 4.79 Å². The summed E-state index contributed by atoms with van der Waals surface area (Å²) in [5.74, 6) is 1.24. The van der Waals surface area contributed by atoms with Crippen molar-refractivity contribution in [3.8, 4) is 0 Å². The van der Waals surface area contributed by atoms with Crippen LogP contribution in [0.15, 0.2) is 12.2 Å². The number of aliphatic hydroxyl groups excluding tert-OH is 2. The molecule has 0 spiro atoms. The summed E-state index contributed by atoms with van der Waals surface area (Å²) in [5, 5.41) is 32.4. The number of fused-ring (bicyclic) bond motifs is 7. The fourth-order valence-electron chi connectivity index (χ4n) is 11.7. The summed E-state index contributed by atoms with van der Waals surface area (Å²) in [6, 6.07) is 0. The lowest BCUT2D eigenvalue weighted by Crippen LogP contribution is -2.68. The normalized spacial score (nSPS) is 55.9. The number of hydrogen-bond donors (Lipinski definition) is 3. The van der Waals surface area contributed by atoms with Gasteiger partial charge in [0, 0.05) is 0 Å². The van der Waals surface area contributed by atoms with Crippen LogP contribution in [0.3, 0.4) is 0 Å². The minimum atomic E-state index is -0.669. The quantitative estimate of drug-likeness (QED) is 0.427. The fraction of sp³-hybridized carbons (Fsp3) is 0.900. The minimum Gasteiger partial charge on any atom is -0.481 e. The minimum absolute atomic E-state index is 0.00606. The maximum Gasteiger partial charge on any atom is 0.309 e. The fourth-order valence-corrected chi connectivity index (χ4v) is 11.7. The molecule has 0 radical (unpaired) electrons. The Kier molecular flexibility index (Phi) is 5.36. The average Bonchev–Trinajstić information content (AvgIpc) is 3.14. The Morgan fingerprint density at radius 1 is 0.853 bits per heavy atom. The van der Waals surface area contributed by atoms with Crippen LogP contribution in [-0.4, -0.2) is 33.5 Å². The Hall–Kier alpha value is -0.870. The maximum atomic E-state index is 12.8. The molecule has 0 unspecified atom stereocenters. The molecule has 4 nitrogen and oxygen atoms in total. The second-order valence-corrected chi connectivity index (χ2v) is 14.7. The largest absolute Gasteiger partial charge is 0.481 e. The second kappa shape index (κ2) is 7.34. The van der Waals surface area contributed by atoms with Crippen LogP contribution in [0, 0.1) is 56.7 Å². The van der Waals surface area contributed by atoms with E-state index in [1.165, 1.54) is 5.57 Å². The summed E-state index contributed by atoms with van der Waals surface area (Å²) in [6.07, 6.45) is 7.32. The first-order chi connectivity index (χ1) is 15.7. The first kappa shape index (κ1) is 24.8. The lowest BCUT2D eigenvalue weighted by atomic mass is 9.32. The molecule has 3 N–H and O–H groups in total. The first-order valence-corrected chi connectivity index (χ1v) is 13.9. The molecule has 11 atom stereocenters. The summed E-state index contributed by atoms with van der Waals surface area (Å²) in [4.78, 5) is 12.8. The third-order valence-electron chi connectivity index (χ3n) is 13.4. The van der Waals surface area contributed by atoms with Gasteiger partial charge in [-0.1, -0.05) is 46.8 Å². The Morgan fingerprint density at radius 2 is 1.53 bits per heavy atom. The molecule has 34 heavy (non-hydrogen) atoms. The van der Waals surface area contributed by atoms with Crippen LogP contribution in [0.2, 0.25) is 0 Å². The summed E-state index contributed by atoms with van der Waals surface area (Å²) in [7, 11) is 0. The van der Waals surface area contributed by atoms with E-state index in [0.717, 1.165) is 51.4 Å². The predicted molar refractivity (Wildman–Crippen MR) is 134 cm³/mol. The van der Waals surface area contributed by atoms with Crippen molar-refractivity contribution in [2.24, 2.45) is 56.7 Å². The maximum absolute atomic E-state index is 12.8. The predicted octanol–water partition coefficient (Wildman–Crippen LogP) is 6.06. The van der Waals surface area contributed by atoms with Crippen molar-refractivity contribution in [3.63, 3.8) is 0 Å². The molecule has 0 saturated heterocycles. The lowest BCUT2D eigenvalue weighted by Gasteiger charge is -2.73. The molecule has 0 aliphatic heterocycles. The molecule has 0 amide bonds. The van der Waals surface area contributed by atoms with Crippen molar-refractivity contribution in [3.05, 3.63) is 12.2 Å². The van der Waals surface area contributed by atoms with Crippen LogP contribution >= 0.6 is 0 Å². The number of rotatable bonds is 2. The van der Waals surface area contributed by atoms with Crippen LogP contribution in [-0.2, 0) is 4.79 Å². The van der Waals surface area contributed by atoms with Gasteiger partial charge in [-0.2, -0.15) is 0 Å². The number of hydrogen-bond acceptors (Lipinski definition) is 3. The van der Waals surface area contributed by atoms with Gasteiger partial charge in [0.05, 0.1) is 17.6 Å². The van der Waals surface area contributed by atoms with Gasteiger partial charge in [-0.15, -0.1) is 0 Å². The Labute approximate surface area is 206 Å². The van der Waals surface area contributed by atoms with E-state index >= 15 is 0 Å². The SMILES string of the molecule is C=C(C)[C@@H]1CC[C@]2(C(=O)O)CC[C@]3(C)[C@H](CC[C@@H]4[C@@]5(C)C[C@@H](O)[C@H](O)C(C)(C)[C@H]5CC[C@]43C)[C@H]12. The van der Waals surface area contributed by atoms with Crippen molar-refractivity contribution in [2.75, 3.05) is 0 Å². The highest BCUT2D eigenvalue weighted by Gasteiger charge is 2.72. The molecule has 5 rings (SSSR count). The van der Waals surface area contributed by atoms with Gasteiger partial charge in [-0.25, -0.2) is 0 Å². The van der Waals surface area contributed by atoms with Gasteiger partial charge in [0.2, 0.25) is 0 Å². The van der Waals surface area contributed by atoms with Gasteiger partial charge in [0.25, 0.3) is 0 Å². The number of carboxylic acids is 1. The topological polar surface area (TPSA) is 77.8 Å². The molecule has 0 bridgehead atoms. The molecule has 4 heteroatoms. The molecule has 0 aromatic rings. The third-order valence-corrected chi connectivity index (χ3v) is 13.4. The van der Waals surface area contributed by atoms with Crippen LogP contribution in [0.1, 0.15) is 99.3 Å².